The number of hydrogen-bond donors (Lipinski definition) is 0. The third kappa shape index (κ3) is 9.60. The number of benzene rings is 15. The number of hydrogen-bond acceptors (Lipinski definition) is 3. The molecule has 5 aromatic heterocycles. The SMILES string of the molecule is C=CCn1c2ccccc2c2ccc(N(c3ccc(N(c4ccc(N(c5ccc6c7ccccc7n(CC=C)c6c5)c5ccc6c7ccccc7n(-c7ccccc7)c6c5)cc4)c4ccc5c6ccccc6n(-c6ccccc6)c5c4)cc3)c3ccc4c5ccccc5n(-c5ccccc5)c4c3)cc21. The Morgan fingerprint density at radius 2 is 0.394 bits per heavy atom. The fraction of sp³-hybridized carbons (Fsp3) is 0.0208. The molecule has 0 aliphatic heterocycles. The van der Waals surface area contributed by atoms with E-state index in [4.69, 9.17) is 0 Å². The molecule has 0 saturated heterocycles. The highest BCUT2D eigenvalue weighted by molar-refractivity contribution is 6.15. The van der Waals surface area contributed by atoms with E-state index in [1.165, 1.54) is 64.9 Å². The maximum Gasteiger partial charge on any atom is 0.0561 e. The fourth-order valence-corrected chi connectivity index (χ4v) is 16.7. The molecule has 0 aliphatic carbocycles. The van der Waals surface area contributed by atoms with Gasteiger partial charge in [0, 0.05) is 146 Å². The second-order valence-electron chi connectivity index (χ2n) is 26.9. The summed E-state index contributed by atoms with van der Waals surface area (Å²) >= 11 is 0. The van der Waals surface area contributed by atoms with Crippen molar-refractivity contribution in [3.8, 4) is 17.1 Å². The van der Waals surface area contributed by atoms with Crippen LogP contribution in [0, 0.1) is 0 Å². The standard InChI is InChI=1S/C96H68N8/c1-3-58-97-87-35-19-14-30-77(87)82-53-48-72(60-92(82)97)100(75-51-56-85-80-33-17-22-38-90(80)103(95(85)63-75)66-26-10-6-11-27-66)70-44-40-68(41-45-70)99(74-50-55-84-79-32-16-21-37-89(79)102(94(84)62-74)65-24-8-5-9-25-65)69-42-46-71(47-43-69)101(73-49-54-83-78-31-15-20-36-88(78)98(59-4-2)93(83)61-73)76-52-57-86-81-34-18-23-39-91(81)104(96(86)64-76)67-28-12-7-13-29-67/h3-57,60-64H,1-2,58-59H2. The van der Waals surface area contributed by atoms with Crippen LogP contribution < -0.4 is 14.7 Å². The van der Waals surface area contributed by atoms with Crippen LogP contribution in [0.5, 0.6) is 0 Å². The Morgan fingerprint density at radius 3 is 0.673 bits per heavy atom. The Hall–Kier alpha value is -13.8. The highest BCUT2D eigenvalue weighted by Gasteiger charge is 2.25. The average Bonchev–Trinajstić information content (AvgIpc) is 1.34. The summed E-state index contributed by atoms with van der Waals surface area (Å²) in [6.45, 7) is 9.81. The molecule has 8 heteroatoms. The number of allylic oxidation sites excluding steroid dienone is 2. The van der Waals surface area contributed by atoms with Crippen LogP contribution in [0.25, 0.3) is 126 Å². The molecule has 20 aromatic rings. The van der Waals surface area contributed by atoms with Crippen molar-refractivity contribution < 1.29 is 0 Å². The highest BCUT2D eigenvalue weighted by Crippen LogP contribution is 2.48. The monoisotopic (exact) mass is 1330 g/mol. The maximum absolute atomic E-state index is 4.23. The molecule has 0 amide bonds. The average molecular weight is 1330 g/mol. The molecule has 5 heterocycles. The first-order chi connectivity index (χ1) is 51.5. The molecular formula is C96H68N8. The van der Waals surface area contributed by atoms with Gasteiger partial charge in [-0.05, 0) is 176 Å². The zero-order valence-electron chi connectivity index (χ0n) is 57.0. The summed E-state index contributed by atoms with van der Waals surface area (Å²) in [4.78, 5) is 7.27. The minimum atomic E-state index is 0.674. The lowest BCUT2D eigenvalue weighted by Crippen LogP contribution is -2.13. The number of anilines is 9. The van der Waals surface area contributed by atoms with Crippen molar-refractivity contribution >= 4 is 160 Å². The lowest BCUT2D eigenvalue weighted by Gasteiger charge is -2.30. The molecule has 8 nitrogen and oxygen atoms in total. The first-order valence-corrected chi connectivity index (χ1v) is 35.6. The number of rotatable bonds is 16. The minimum Gasteiger partial charge on any atom is -0.337 e. The molecule has 0 bridgehead atoms. The third-order valence-corrected chi connectivity index (χ3v) is 21.2. The van der Waals surface area contributed by atoms with Crippen molar-refractivity contribution in [2.24, 2.45) is 0 Å². The van der Waals surface area contributed by atoms with Gasteiger partial charge < -0.3 is 37.5 Å². The largest absolute Gasteiger partial charge is 0.337 e. The van der Waals surface area contributed by atoms with Crippen molar-refractivity contribution in [1.82, 2.24) is 22.8 Å². The Balaban J connectivity index is 0.783. The smallest absolute Gasteiger partial charge is 0.0561 e. The van der Waals surface area contributed by atoms with Gasteiger partial charge in [0.2, 0.25) is 0 Å². The quantitative estimate of drug-likeness (QED) is 0.0904. The van der Waals surface area contributed by atoms with E-state index in [0.717, 1.165) is 112 Å². The fourth-order valence-electron chi connectivity index (χ4n) is 16.7. The summed E-state index contributed by atoms with van der Waals surface area (Å²) < 4.78 is 12.0. The second-order valence-corrected chi connectivity index (χ2v) is 26.9. The van der Waals surface area contributed by atoms with Gasteiger partial charge in [-0.25, -0.2) is 0 Å². The van der Waals surface area contributed by atoms with Gasteiger partial charge in [0.15, 0.2) is 0 Å². The van der Waals surface area contributed by atoms with E-state index in [0.29, 0.717) is 13.1 Å². The normalized spacial score (nSPS) is 11.8. The van der Waals surface area contributed by atoms with Crippen molar-refractivity contribution in [2.75, 3.05) is 14.7 Å². The lowest BCUT2D eigenvalue weighted by atomic mass is 10.1. The molecule has 0 unspecified atom stereocenters. The van der Waals surface area contributed by atoms with E-state index in [-0.39, 0.29) is 0 Å². The van der Waals surface area contributed by atoms with Crippen molar-refractivity contribution in [3.63, 3.8) is 0 Å². The lowest BCUT2D eigenvalue weighted by molar-refractivity contribution is 0.901. The van der Waals surface area contributed by atoms with Gasteiger partial charge in [-0.15, -0.1) is 13.2 Å². The Kier molecular flexibility index (Phi) is 14.2. The molecule has 20 rings (SSSR count). The van der Waals surface area contributed by atoms with Crippen molar-refractivity contribution in [2.45, 2.75) is 13.1 Å². The first kappa shape index (κ1) is 60.2. The van der Waals surface area contributed by atoms with Gasteiger partial charge in [-0.2, -0.15) is 0 Å². The molecule has 0 spiro atoms. The van der Waals surface area contributed by atoms with Gasteiger partial charge in [-0.3, -0.25) is 0 Å². The van der Waals surface area contributed by atoms with Crippen LogP contribution >= 0.6 is 0 Å². The molecule has 0 radical (unpaired) electrons. The van der Waals surface area contributed by atoms with Crippen LogP contribution in [0.3, 0.4) is 0 Å². The van der Waals surface area contributed by atoms with E-state index in [9.17, 15) is 0 Å². The number of para-hydroxylation sites is 8. The van der Waals surface area contributed by atoms with Gasteiger partial charge in [0.25, 0.3) is 0 Å². The molecular weight excluding hydrogens is 1270 g/mol. The predicted molar refractivity (Wildman–Crippen MR) is 440 cm³/mol. The topological polar surface area (TPSA) is 34.4 Å². The Labute approximate surface area is 601 Å². The van der Waals surface area contributed by atoms with Crippen LogP contribution in [-0.2, 0) is 13.1 Å². The molecule has 104 heavy (non-hydrogen) atoms. The molecule has 15 aromatic carbocycles. The van der Waals surface area contributed by atoms with E-state index in [1.54, 1.807) is 0 Å². The van der Waals surface area contributed by atoms with E-state index in [2.05, 4.69) is 403 Å². The molecule has 0 saturated carbocycles. The minimum absolute atomic E-state index is 0.674. The Bertz CT molecular complexity index is 6440. The maximum atomic E-state index is 4.23. The van der Waals surface area contributed by atoms with Crippen LogP contribution in [0.2, 0.25) is 0 Å². The molecule has 492 valence electrons. The van der Waals surface area contributed by atoms with E-state index in [1.807, 2.05) is 12.2 Å². The molecule has 0 atom stereocenters. The summed E-state index contributed by atoms with van der Waals surface area (Å²) in [6.07, 6.45) is 4.00. The van der Waals surface area contributed by atoms with Crippen LogP contribution in [0.4, 0.5) is 51.2 Å². The number of nitrogens with zero attached hydrogens (tertiary/aromatic N) is 8. The number of aromatic nitrogens is 5. The highest BCUT2D eigenvalue weighted by atomic mass is 15.2. The van der Waals surface area contributed by atoms with Gasteiger partial charge in [0.1, 0.15) is 0 Å². The summed E-state index contributed by atoms with van der Waals surface area (Å²) in [5.41, 5.74) is 24.0. The van der Waals surface area contributed by atoms with E-state index >= 15 is 0 Å². The summed E-state index contributed by atoms with van der Waals surface area (Å²) in [6, 6.07) is 129. The van der Waals surface area contributed by atoms with Crippen molar-refractivity contribution in [1.29, 1.82) is 0 Å². The molecule has 0 aliphatic rings. The summed E-state index contributed by atoms with van der Waals surface area (Å²) in [5, 5.41) is 12.0. The molecule has 0 N–H and O–H groups in total. The van der Waals surface area contributed by atoms with Gasteiger partial charge in [-0.1, -0.05) is 188 Å². The van der Waals surface area contributed by atoms with Gasteiger partial charge >= 0.3 is 0 Å². The number of fused-ring (bicyclic) bond motifs is 15. The second kappa shape index (κ2) is 24.5. The summed E-state index contributed by atoms with van der Waals surface area (Å²) in [5.74, 6) is 0. The van der Waals surface area contributed by atoms with Crippen LogP contribution in [0.1, 0.15) is 0 Å². The van der Waals surface area contributed by atoms with E-state index < -0.39 is 0 Å². The molecule has 0 fully saturated rings. The summed E-state index contributed by atoms with van der Waals surface area (Å²) in [7, 11) is 0. The van der Waals surface area contributed by atoms with Crippen LogP contribution in [0.15, 0.2) is 377 Å². The third-order valence-electron chi connectivity index (χ3n) is 21.2. The Morgan fingerprint density at radius 1 is 0.192 bits per heavy atom. The van der Waals surface area contributed by atoms with Crippen LogP contribution in [-0.4, -0.2) is 22.8 Å². The zero-order valence-corrected chi connectivity index (χ0v) is 57.0. The zero-order chi connectivity index (χ0) is 68.9. The van der Waals surface area contributed by atoms with Crippen molar-refractivity contribution in [3.05, 3.63) is 377 Å². The van der Waals surface area contributed by atoms with Gasteiger partial charge in [0.05, 0.1) is 44.1 Å². The first-order valence-electron chi connectivity index (χ1n) is 35.6. The predicted octanol–water partition coefficient (Wildman–Crippen LogP) is 26.0.